The van der Waals surface area contributed by atoms with E-state index in [4.69, 9.17) is 9.84 Å². The maximum absolute atomic E-state index is 10.8. The molecule has 1 atom stereocenters. The van der Waals surface area contributed by atoms with E-state index in [1.165, 1.54) is 14.0 Å². The number of aliphatic carboxylic acids is 1. The summed E-state index contributed by atoms with van der Waals surface area (Å²) in [4.78, 5) is 28.1. The Balaban J connectivity index is 3.14. The van der Waals surface area contributed by atoms with Crippen LogP contribution in [-0.2, 0) is 4.79 Å². The van der Waals surface area contributed by atoms with Crippen LogP contribution in [0.3, 0.4) is 0 Å². The molecule has 0 fully saturated rings. The zero-order valence-corrected chi connectivity index (χ0v) is 9.80. The SMILES string of the molecule is COc1ncnc(SC(C)C(=O)O)c1[N+](=O)[O-]. The number of nitrogens with zero attached hydrogens (tertiary/aromatic N) is 3. The van der Waals surface area contributed by atoms with E-state index in [2.05, 4.69) is 9.97 Å². The third kappa shape index (κ3) is 3.03. The van der Waals surface area contributed by atoms with Gasteiger partial charge < -0.3 is 9.84 Å². The van der Waals surface area contributed by atoms with E-state index in [-0.39, 0.29) is 10.9 Å². The van der Waals surface area contributed by atoms with Crippen molar-refractivity contribution in [2.75, 3.05) is 7.11 Å². The molecule has 0 aliphatic rings. The van der Waals surface area contributed by atoms with Gasteiger partial charge in [0.2, 0.25) is 0 Å². The van der Waals surface area contributed by atoms with Gasteiger partial charge in [0.25, 0.3) is 5.88 Å². The first-order chi connectivity index (χ1) is 7.97. The predicted octanol–water partition coefficient (Wildman–Crippen LogP) is 0.959. The van der Waals surface area contributed by atoms with Crippen molar-refractivity contribution < 1.29 is 19.6 Å². The second-order valence-electron chi connectivity index (χ2n) is 2.89. The maximum Gasteiger partial charge on any atom is 0.362 e. The summed E-state index contributed by atoms with van der Waals surface area (Å²) in [5.41, 5.74) is -0.423. The number of thioether (sulfide) groups is 1. The highest BCUT2D eigenvalue weighted by Crippen LogP contribution is 2.35. The molecule has 1 rings (SSSR count). The monoisotopic (exact) mass is 259 g/mol. The number of aromatic nitrogens is 2. The zero-order chi connectivity index (χ0) is 13.0. The standard InChI is InChI=1S/C8H9N3O5S/c1-4(8(12)13)17-7-5(11(14)15)6(16-2)9-3-10-7/h3-4H,1-2H3,(H,12,13). The van der Waals surface area contributed by atoms with Crippen LogP contribution in [0.4, 0.5) is 5.69 Å². The van der Waals surface area contributed by atoms with Crippen molar-refractivity contribution >= 4 is 23.4 Å². The number of carboxylic acid groups (broad SMARTS) is 1. The van der Waals surface area contributed by atoms with Gasteiger partial charge in [-0.1, -0.05) is 11.8 Å². The summed E-state index contributed by atoms with van der Waals surface area (Å²) < 4.78 is 4.74. The van der Waals surface area contributed by atoms with Crippen LogP contribution in [0.5, 0.6) is 5.88 Å². The summed E-state index contributed by atoms with van der Waals surface area (Å²) in [5, 5.41) is 18.7. The highest BCUT2D eigenvalue weighted by Gasteiger charge is 2.27. The van der Waals surface area contributed by atoms with Crippen molar-refractivity contribution in [1.82, 2.24) is 9.97 Å². The average molecular weight is 259 g/mol. The average Bonchev–Trinajstić information content (AvgIpc) is 2.27. The Bertz CT molecular complexity index is 453. The molecule has 0 saturated heterocycles. The smallest absolute Gasteiger partial charge is 0.362 e. The molecule has 0 bridgehead atoms. The molecule has 1 heterocycles. The fraction of sp³-hybridized carbons (Fsp3) is 0.375. The van der Waals surface area contributed by atoms with Gasteiger partial charge >= 0.3 is 11.7 Å². The second-order valence-corrected chi connectivity index (χ2v) is 4.22. The normalized spacial score (nSPS) is 11.9. The molecular formula is C8H9N3O5S. The van der Waals surface area contributed by atoms with Crippen molar-refractivity contribution in [3.63, 3.8) is 0 Å². The summed E-state index contributed by atoms with van der Waals surface area (Å²) >= 11 is 0.764. The van der Waals surface area contributed by atoms with E-state index in [0.29, 0.717) is 0 Å². The fourth-order valence-electron chi connectivity index (χ4n) is 0.957. The molecule has 0 aliphatic carbocycles. The molecule has 0 amide bonds. The van der Waals surface area contributed by atoms with Crippen LogP contribution in [0.15, 0.2) is 11.4 Å². The molecule has 17 heavy (non-hydrogen) atoms. The molecule has 92 valence electrons. The molecule has 1 aromatic heterocycles. The number of hydrogen-bond donors (Lipinski definition) is 1. The lowest BCUT2D eigenvalue weighted by Gasteiger charge is -2.06. The van der Waals surface area contributed by atoms with Gasteiger partial charge in [-0.05, 0) is 6.92 Å². The molecule has 1 N–H and O–H groups in total. The maximum atomic E-state index is 10.8. The molecule has 0 saturated carbocycles. The molecule has 0 aliphatic heterocycles. The Morgan fingerprint density at radius 2 is 2.29 bits per heavy atom. The Kier molecular flexibility index (Phi) is 4.21. The second kappa shape index (κ2) is 5.43. The third-order valence-corrected chi connectivity index (χ3v) is 2.84. The summed E-state index contributed by atoms with van der Waals surface area (Å²) in [5.74, 6) is -1.27. The predicted molar refractivity (Wildman–Crippen MR) is 58.2 cm³/mol. The molecular weight excluding hydrogens is 250 g/mol. The van der Waals surface area contributed by atoms with Gasteiger partial charge in [-0.15, -0.1) is 0 Å². The van der Waals surface area contributed by atoms with Gasteiger partial charge in [-0.25, -0.2) is 4.98 Å². The lowest BCUT2D eigenvalue weighted by atomic mass is 10.5. The van der Waals surface area contributed by atoms with E-state index < -0.39 is 21.8 Å². The van der Waals surface area contributed by atoms with E-state index in [1.54, 1.807) is 0 Å². The molecule has 1 unspecified atom stereocenters. The molecule has 8 nitrogen and oxygen atoms in total. The van der Waals surface area contributed by atoms with Crippen molar-refractivity contribution in [3.05, 3.63) is 16.4 Å². The van der Waals surface area contributed by atoms with E-state index in [9.17, 15) is 14.9 Å². The number of nitro groups is 1. The number of ether oxygens (including phenoxy) is 1. The third-order valence-electron chi connectivity index (χ3n) is 1.77. The van der Waals surface area contributed by atoms with Gasteiger partial charge in [-0.2, -0.15) is 4.98 Å². The van der Waals surface area contributed by atoms with Crippen LogP contribution in [0.1, 0.15) is 6.92 Å². The lowest BCUT2D eigenvalue weighted by Crippen LogP contribution is -2.12. The molecule has 0 radical (unpaired) electrons. The Hall–Kier alpha value is -1.90. The first kappa shape index (κ1) is 13.2. The van der Waals surface area contributed by atoms with E-state index >= 15 is 0 Å². The molecule has 0 spiro atoms. The van der Waals surface area contributed by atoms with Crippen LogP contribution < -0.4 is 4.74 Å². The minimum Gasteiger partial charge on any atom is -0.480 e. The molecule has 1 aromatic rings. The first-order valence-corrected chi connectivity index (χ1v) is 5.28. The number of carboxylic acids is 1. The molecule has 9 heteroatoms. The van der Waals surface area contributed by atoms with E-state index in [1.807, 2.05) is 0 Å². The Labute approximate surface area is 100 Å². The largest absolute Gasteiger partial charge is 0.480 e. The number of hydrogen-bond acceptors (Lipinski definition) is 7. The minimum absolute atomic E-state index is 0.0308. The number of rotatable bonds is 5. The van der Waals surface area contributed by atoms with Crippen molar-refractivity contribution in [1.29, 1.82) is 0 Å². The van der Waals surface area contributed by atoms with Crippen LogP contribution in [0, 0.1) is 10.1 Å². The summed E-state index contributed by atoms with van der Waals surface area (Å²) in [6.07, 6.45) is 1.09. The van der Waals surface area contributed by atoms with Crippen molar-refractivity contribution in [3.8, 4) is 5.88 Å². The summed E-state index contributed by atoms with van der Waals surface area (Å²) in [7, 11) is 1.24. The quantitative estimate of drug-likeness (QED) is 0.359. The number of methoxy groups -OCH3 is 1. The minimum atomic E-state index is -1.08. The topological polar surface area (TPSA) is 115 Å². The van der Waals surface area contributed by atoms with E-state index in [0.717, 1.165) is 18.1 Å². The summed E-state index contributed by atoms with van der Waals surface area (Å²) in [6, 6.07) is 0. The van der Waals surface area contributed by atoms with Crippen molar-refractivity contribution in [2.45, 2.75) is 17.2 Å². The fourth-order valence-corrected chi connectivity index (χ4v) is 1.77. The van der Waals surface area contributed by atoms with Crippen LogP contribution in [0.25, 0.3) is 0 Å². The van der Waals surface area contributed by atoms with Gasteiger partial charge in [0.05, 0.1) is 12.0 Å². The highest BCUT2D eigenvalue weighted by molar-refractivity contribution is 8.00. The van der Waals surface area contributed by atoms with Crippen LogP contribution in [-0.4, -0.2) is 38.3 Å². The highest BCUT2D eigenvalue weighted by atomic mass is 32.2. The van der Waals surface area contributed by atoms with Crippen LogP contribution in [0.2, 0.25) is 0 Å². The zero-order valence-electron chi connectivity index (χ0n) is 8.98. The Morgan fingerprint density at radius 1 is 1.65 bits per heavy atom. The van der Waals surface area contributed by atoms with Gasteiger partial charge in [0.15, 0.2) is 5.03 Å². The summed E-state index contributed by atoms with van der Waals surface area (Å²) in [6.45, 7) is 1.41. The molecule has 0 aromatic carbocycles. The first-order valence-electron chi connectivity index (χ1n) is 4.40. The lowest BCUT2D eigenvalue weighted by molar-refractivity contribution is -0.389. The van der Waals surface area contributed by atoms with Crippen LogP contribution >= 0.6 is 11.8 Å². The van der Waals surface area contributed by atoms with Gasteiger partial charge in [-0.3, -0.25) is 14.9 Å². The number of carbonyl (C=O) groups is 1. The Morgan fingerprint density at radius 3 is 2.76 bits per heavy atom. The van der Waals surface area contributed by atoms with Crippen molar-refractivity contribution in [2.24, 2.45) is 0 Å². The van der Waals surface area contributed by atoms with Gasteiger partial charge in [0.1, 0.15) is 11.6 Å². The van der Waals surface area contributed by atoms with Gasteiger partial charge in [0, 0.05) is 0 Å².